The lowest BCUT2D eigenvalue weighted by Crippen LogP contribution is -2.46. The van der Waals surface area contributed by atoms with Crippen molar-refractivity contribution in [2.75, 3.05) is 6.26 Å². The third kappa shape index (κ3) is 2.89. The molecule has 0 radical (unpaired) electrons. The summed E-state index contributed by atoms with van der Waals surface area (Å²) in [6, 6.07) is 0.282. The predicted octanol–water partition coefficient (Wildman–Crippen LogP) is 1.47. The highest BCUT2D eigenvalue weighted by molar-refractivity contribution is 7.91. The van der Waals surface area contributed by atoms with E-state index < -0.39 is 9.84 Å². The molecule has 0 aromatic heterocycles. The average molecular weight is 274 g/mol. The van der Waals surface area contributed by atoms with Gasteiger partial charge in [-0.1, -0.05) is 20.3 Å². The maximum absolute atomic E-state index is 11.7. The van der Waals surface area contributed by atoms with E-state index in [0.717, 1.165) is 25.7 Å². The van der Waals surface area contributed by atoms with E-state index in [1.165, 1.54) is 12.7 Å². The van der Waals surface area contributed by atoms with Crippen LogP contribution in [0, 0.1) is 17.3 Å². The van der Waals surface area contributed by atoms with Gasteiger partial charge in [0.1, 0.15) is 9.84 Å². The van der Waals surface area contributed by atoms with Crippen LogP contribution in [-0.4, -0.2) is 26.0 Å². The maximum Gasteiger partial charge on any atom is 0.150 e. The molecule has 2 aliphatic carbocycles. The number of nitrogens with one attached hydrogen (secondary N) is 1. The van der Waals surface area contributed by atoms with Gasteiger partial charge in [-0.25, -0.2) is 8.42 Å². The van der Waals surface area contributed by atoms with E-state index in [0.29, 0.717) is 17.3 Å². The summed E-state index contributed by atoms with van der Waals surface area (Å²) >= 11 is 0. The molecule has 0 bridgehead atoms. The average Bonchev–Trinajstić information content (AvgIpc) is 2.88. The molecule has 2 saturated carbocycles. The van der Waals surface area contributed by atoms with Gasteiger partial charge in [-0.05, 0) is 42.9 Å². The van der Waals surface area contributed by atoms with Gasteiger partial charge in [-0.15, -0.1) is 0 Å². The summed E-state index contributed by atoms with van der Waals surface area (Å²) in [6.45, 7) is 4.53. The standard InChI is InChI=1S/C13H26N2O2S/c1-13(2)8-11(13)12(15-14)9-5-4-6-10(7-9)18(3,16)17/h9-12,15H,4-8,14H2,1-3H3. The largest absolute Gasteiger partial charge is 0.271 e. The van der Waals surface area contributed by atoms with Crippen molar-refractivity contribution >= 4 is 9.84 Å². The van der Waals surface area contributed by atoms with E-state index in [2.05, 4.69) is 19.3 Å². The number of hydrazine groups is 1. The van der Waals surface area contributed by atoms with Crippen molar-refractivity contribution in [3.63, 3.8) is 0 Å². The van der Waals surface area contributed by atoms with Crippen LogP contribution in [0.5, 0.6) is 0 Å². The van der Waals surface area contributed by atoms with Gasteiger partial charge in [0.05, 0.1) is 5.25 Å². The third-order valence-corrected chi connectivity index (χ3v) is 6.63. The van der Waals surface area contributed by atoms with Crippen LogP contribution in [0.2, 0.25) is 0 Å². The lowest BCUT2D eigenvalue weighted by Gasteiger charge is -2.34. The SMILES string of the molecule is CC1(C)CC1C(NN)C1CCCC(S(C)(=O)=O)C1. The van der Waals surface area contributed by atoms with Crippen LogP contribution in [-0.2, 0) is 9.84 Å². The molecule has 18 heavy (non-hydrogen) atoms. The molecule has 0 amide bonds. The van der Waals surface area contributed by atoms with Crippen molar-refractivity contribution in [3.8, 4) is 0 Å². The van der Waals surface area contributed by atoms with Gasteiger partial charge in [0.15, 0.2) is 0 Å². The monoisotopic (exact) mass is 274 g/mol. The van der Waals surface area contributed by atoms with E-state index >= 15 is 0 Å². The minimum absolute atomic E-state index is 0.158. The molecule has 2 rings (SSSR count). The molecule has 0 spiro atoms. The second kappa shape index (κ2) is 4.76. The summed E-state index contributed by atoms with van der Waals surface area (Å²) in [5, 5.41) is -0.158. The fraction of sp³-hybridized carbons (Fsp3) is 1.00. The molecule has 3 N–H and O–H groups in total. The smallest absolute Gasteiger partial charge is 0.150 e. The zero-order valence-electron chi connectivity index (χ0n) is 11.6. The van der Waals surface area contributed by atoms with Crippen LogP contribution >= 0.6 is 0 Å². The number of hydrogen-bond donors (Lipinski definition) is 2. The molecular formula is C13H26N2O2S. The summed E-state index contributed by atoms with van der Waals surface area (Å²) < 4.78 is 23.4. The lowest BCUT2D eigenvalue weighted by atomic mass is 9.80. The molecule has 106 valence electrons. The van der Waals surface area contributed by atoms with Crippen LogP contribution in [0.3, 0.4) is 0 Å². The summed E-state index contributed by atoms with van der Waals surface area (Å²) in [5.41, 5.74) is 3.34. The Morgan fingerprint density at radius 3 is 2.39 bits per heavy atom. The van der Waals surface area contributed by atoms with Crippen molar-refractivity contribution in [1.82, 2.24) is 5.43 Å². The molecule has 5 heteroatoms. The Bertz CT molecular complexity index is 405. The summed E-state index contributed by atoms with van der Waals surface area (Å²) in [7, 11) is -2.90. The number of nitrogens with two attached hydrogens (primary N) is 1. The maximum atomic E-state index is 11.7. The highest BCUT2D eigenvalue weighted by Crippen LogP contribution is 2.55. The van der Waals surface area contributed by atoms with Gasteiger partial charge in [-0.3, -0.25) is 11.3 Å². The Morgan fingerprint density at radius 1 is 1.33 bits per heavy atom. The first-order valence-electron chi connectivity index (χ1n) is 6.90. The van der Waals surface area contributed by atoms with Gasteiger partial charge in [0.2, 0.25) is 0 Å². The third-order valence-electron chi connectivity index (χ3n) is 5.00. The van der Waals surface area contributed by atoms with Crippen molar-refractivity contribution < 1.29 is 8.42 Å². The van der Waals surface area contributed by atoms with Crippen molar-refractivity contribution in [2.24, 2.45) is 23.1 Å². The molecule has 0 saturated heterocycles. The van der Waals surface area contributed by atoms with Gasteiger partial charge in [0, 0.05) is 12.3 Å². The summed E-state index contributed by atoms with van der Waals surface area (Å²) in [5.74, 6) is 6.74. The van der Waals surface area contributed by atoms with Gasteiger partial charge < -0.3 is 0 Å². The number of hydrogen-bond acceptors (Lipinski definition) is 4. The van der Waals surface area contributed by atoms with Gasteiger partial charge in [-0.2, -0.15) is 0 Å². The fourth-order valence-corrected chi connectivity index (χ4v) is 4.79. The van der Waals surface area contributed by atoms with E-state index in [1.807, 2.05) is 0 Å². The molecule has 0 aromatic carbocycles. The zero-order chi connectivity index (χ0) is 13.6. The van der Waals surface area contributed by atoms with Crippen molar-refractivity contribution in [2.45, 2.75) is 57.2 Å². The second-order valence-corrected chi connectivity index (χ2v) is 9.20. The predicted molar refractivity (Wildman–Crippen MR) is 73.6 cm³/mol. The van der Waals surface area contributed by atoms with Gasteiger partial charge in [0.25, 0.3) is 0 Å². The zero-order valence-corrected chi connectivity index (χ0v) is 12.5. The molecule has 0 heterocycles. The number of rotatable bonds is 4. The Hall–Kier alpha value is -0.130. The van der Waals surface area contributed by atoms with E-state index in [4.69, 9.17) is 5.84 Å². The van der Waals surface area contributed by atoms with Crippen LogP contribution in [0.25, 0.3) is 0 Å². The first-order valence-corrected chi connectivity index (χ1v) is 8.86. The molecule has 4 nitrogen and oxygen atoms in total. The lowest BCUT2D eigenvalue weighted by molar-refractivity contribution is 0.234. The Kier molecular flexibility index (Phi) is 3.78. The summed E-state index contributed by atoms with van der Waals surface area (Å²) in [6.07, 6.45) is 6.27. The quantitative estimate of drug-likeness (QED) is 0.601. The number of sulfone groups is 1. The minimum atomic E-state index is -2.90. The van der Waals surface area contributed by atoms with Gasteiger partial charge >= 0.3 is 0 Å². The van der Waals surface area contributed by atoms with E-state index in [9.17, 15) is 8.42 Å². The van der Waals surface area contributed by atoms with Crippen LogP contribution in [0.1, 0.15) is 46.0 Å². The normalized spacial score (nSPS) is 37.2. The molecule has 4 atom stereocenters. The molecule has 2 fully saturated rings. The molecule has 4 unspecified atom stereocenters. The van der Waals surface area contributed by atoms with E-state index in [-0.39, 0.29) is 11.3 Å². The van der Waals surface area contributed by atoms with E-state index in [1.54, 1.807) is 0 Å². The minimum Gasteiger partial charge on any atom is -0.271 e. The molecule has 2 aliphatic rings. The first-order chi connectivity index (χ1) is 8.25. The molecular weight excluding hydrogens is 248 g/mol. The highest BCUT2D eigenvalue weighted by Gasteiger charge is 2.52. The summed E-state index contributed by atoms with van der Waals surface area (Å²) in [4.78, 5) is 0. The highest BCUT2D eigenvalue weighted by atomic mass is 32.2. The Labute approximate surface area is 111 Å². The second-order valence-electron chi connectivity index (χ2n) is 6.87. The van der Waals surface area contributed by atoms with Crippen LogP contribution in [0.4, 0.5) is 0 Å². The van der Waals surface area contributed by atoms with Crippen LogP contribution in [0.15, 0.2) is 0 Å². The fourth-order valence-electron chi connectivity index (χ4n) is 3.60. The molecule has 0 aliphatic heterocycles. The molecule has 0 aromatic rings. The topological polar surface area (TPSA) is 72.2 Å². The Balaban J connectivity index is 2.04. The first kappa shape index (κ1) is 14.3. The van der Waals surface area contributed by atoms with Crippen molar-refractivity contribution in [1.29, 1.82) is 0 Å². The Morgan fingerprint density at radius 2 is 1.94 bits per heavy atom. The van der Waals surface area contributed by atoms with Crippen LogP contribution < -0.4 is 11.3 Å². The van der Waals surface area contributed by atoms with Crippen molar-refractivity contribution in [3.05, 3.63) is 0 Å².